The van der Waals surface area contributed by atoms with Crippen LogP contribution < -0.4 is 0 Å². The summed E-state index contributed by atoms with van der Waals surface area (Å²) in [7, 11) is 0. The largest absolute Gasteiger partial charge is 0.0854 e. The molecule has 0 aliphatic rings. The summed E-state index contributed by atoms with van der Waals surface area (Å²) in [5.41, 5.74) is 6.65. The number of hydrogen-bond donors (Lipinski definition) is 0. The van der Waals surface area contributed by atoms with Crippen LogP contribution in [0.5, 0.6) is 0 Å². The highest BCUT2D eigenvalue weighted by atomic mass is 14.2. The van der Waals surface area contributed by atoms with E-state index in [2.05, 4.69) is 150 Å². The Morgan fingerprint density at radius 3 is 0.743 bits per heavy atom. The van der Waals surface area contributed by atoms with Gasteiger partial charge < -0.3 is 0 Å². The minimum Gasteiger partial charge on any atom is -0.0854 e. The van der Waals surface area contributed by atoms with Crippen molar-refractivity contribution in [3.63, 3.8) is 0 Å². The molecule has 35 heavy (non-hydrogen) atoms. The van der Waals surface area contributed by atoms with E-state index < -0.39 is 0 Å². The Kier molecular flexibility index (Phi) is 17.9. The van der Waals surface area contributed by atoms with Gasteiger partial charge in [0.2, 0.25) is 0 Å². The Labute approximate surface area is 225 Å². The molecule has 0 spiro atoms. The van der Waals surface area contributed by atoms with Gasteiger partial charge in [0.1, 0.15) is 0 Å². The Hall–Kier alpha value is -0.780. The van der Waals surface area contributed by atoms with Crippen LogP contribution in [0.3, 0.4) is 0 Å². The average molecular weight is 491 g/mol. The quantitative estimate of drug-likeness (QED) is 0.336. The van der Waals surface area contributed by atoms with E-state index in [1.807, 2.05) is 0 Å². The standard InChI is InChI=1S/2C13H26.C9H18/c2*1-11(10-13(5,6)7)8-9-12(2,3)4;1-8(2)6-7-9(3,4)5/h2*8H,9-10H2,1-7H3;6H,7H2,1-5H3/b11-8+;11-8-;. The van der Waals surface area contributed by atoms with E-state index in [-0.39, 0.29) is 0 Å². The van der Waals surface area contributed by atoms with Gasteiger partial charge in [0, 0.05) is 0 Å². The van der Waals surface area contributed by atoms with Gasteiger partial charge in [-0.05, 0) is 86.9 Å². The zero-order chi connectivity index (χ0) is 28.9. The molecule has 0 nitrogen and oxygen atoms in total. The van der Waals surface area contributed by atoms with Gasteiger partial charge in [-0.25, -0.2) is 0 Å². The zero-order valence-corrected chi connectivity index (χ0v) is 28.3. The third kappa shape index (κ3) is 43.7. The average Bonchev–Trinajstić information content (AvgIpc) is 2.53. The van der Waals surface area contributed by atoms with Crippen molar-refractivity contribution >= 4 is 0 Å². The topological polar surface area (TPSA) is 0 Å². The summed E-state index contributed by atoms with van der Waals surface area (Å²) in [4.78, 5) is 0. The molecular weight excluding hydrogens is 420 g/mol. The highest BCUT2D eigenvalue weighted by molar-refractivity contribution is 5.02. The molecule has 0 fully saturated rings. The maximum Gasteiger partial charge on any atom is -0.0274 e. The van der Waals surface area contributed by atoms with Crippen molar-refractivity contribution in [1.82, 2.24) is 0 Å². The lowest BCUT2D eigenvalue weighted by Crippen LogP contribution is -2.06. The minimum atomic E-state index is 0.429. The van der Waals surface area contributed by atoms with Gasteiger partial charge >= 0.3 is 0 Å². The minimum absolute atomic E-state index is 0.429. The fourth-order valence-corrected chi connectivity index (χ4v) is 3.29. The van der Waals surface area contributed by atoms with Crippen LogP contribution in [0, 0.1) is 27.1 Å². The predicted molar refractivity (Wildman–Crippen MR) is 167 cm³/mol. The highest BCUT2D eigenvalue weighted by Gasteiger charge is 2.13. The molecule has 210 valence electrons. The first kappa shape index (κ1) is 38.7. The first-order valence-electron chi connectivity index (χ1n) is 14.1. The van der Waals surface area contributed by atoms with Crippen LogP contribution in [0.15, 0.2) is 34.9 Å². The van der Waals surface area contributed by atoms with E-state index in [1.165, 1.54) is 48.8 Å². The van der Waals surface area contributed by atoms with E-state index in [0.717, 1.165) is 0 Å². The van der Waals surface area contributed by atoms with Gasteiger partial charge in [0.05, 0.1) is 0 Å². The maximum absolute atomic E-state index is 2.39. The van der Waals surface area contributed by atoms with Crippen LogP contribution in [0.4, 0.5) is 0 Å². The lowest BCUT2D eigenvalue weighted by atomic mass is 9.86. The second-order valence-corrected chi connectivity index (χ2v) is 17.2. The van der Waals surface area contributed by atoms with Gasteiger partial charge in [-0.3, -0.25) is 0 Å². The molecule has 0 aliphatic carbocycles. The van der Waals surface area contributed by atoms with Crippen molar-refractivity contribution in [2.45, 2.75) is 164 Å². The number of hydrogen-bond acceptors (Lipinski definition) is 0. The second kappa shape index (κ2) is 16.1. The fourth-order valence-electron chi connectivity index (χ4n) is 3.29. The van der Waals surface area contributed by atoms with Crippen LogP contribution in [0.2, 0.25) is 0 Å². The molecule has 0 aromatic heterocycles. The first-order chi connectivity index (χ1) is 15.1. The summed E-state index contributed by atoms with van der Waals surface area (Å²) in [6.07, 6.45) is 13.1. The maximum atomic E-state index is 2.39. The molecule has 0 atom stereocenters. The van der Waals surface area contributed by atoms with Crippen molar-refractivity contribution < 1.29 is 0 Å². The molecule has 0 rings (SSSR count). The normalized spacial score (nSPS) is 13.9. The first-order valence-corrected chi connectivity index (χ1v) is 14.1. The van der Waals surface area contributed by atoms with Crippen molar-refractivity contribution in [2.75, 3.05) is 0 Å². The van der Waals surface area contributed by atoms with Crippen LogP contribution in [-0.4, -0.2) is 0 Å². The van der Waals surface area contributed by atoms with Crippen LogP contribution in [0.25, 0.3) is 0 Å². The smallest absolute Gasteiger partial charge is 0.0274 e. The second-order valence-electron chi connectivity index (χ2n) is 17.2. The molecule has 0 heterocycles. The monoisotopic (exact) mass is 491 g/mol. The Morgan fingerprint density at radius 1 is 0.371 bits per heavy atom. The Morgan fingerprint density at radius 2 is 0.600 bits per heavy atom. The lowest BCUT2D eigenvalue weighted by molar-refractivity contribution is 0.398. The zero-order valence-electron chi connectivity index (χ0n) is 28.3. The molecule has 0 heteroatoms. The summed E-state index contributed by atoms with van der Waals surface area (Å²) in [6.45, 7) is 43.0. The summed E-state index contributed by atoms with van der Waals surface area (Å²) in [5, 5.41) is 0. The number of rotatable bonds is 5. The lowest BCUT2D eigenvalue weighted by Gasteiger charge is -2.20. The molecule has 0 bridgehead atoms. The molecule has 0 saturated carbocycles. The van der Waals surface area contributed by atoms with Gasteiger partial charge in [0.15, 0.2) is 0 Å². The van der Waals surface area contributed by atoms with E-state index in [0.29, 0.717) is 27.1 Å². The van der Waals surface area contributed by atoms with Gasteiger partial charge in [0.25, 0.3) is 0 Å². The molecule has 0 amide bonds. The van der Waals surface area contributed by atoms with E-state index in [4.69, 9.17) is 0 Å². The molecule has 0 unspecified atom stereocenters. The van der Waals surface area contributed by atoms with E-state index >= 15 is 0 Å². The van der Waals surface area contributed by atoms with Crippen molar-refractivity contribution in [3.8, 4) is 0 Å². The Balaban J connectivity index is -0.000000448. The molecule has 0 aromatic rings. The fraction of sp³-hybridized carbons (Fsp3) is 0.829. The molecular formula is C35H70. The van der Waals surface area contributed by atoms with E-state index in [1.54, 1.807) is 0 Å². The van der Waals surface area contributed by atoms with Gasteiger partial charge in [-0.1, -0.05) is 139 Å². The summed E-state index contributed by atoms with van der Waals surface area (Å²) in [6, 6.07) is 0. The molecule has 0 aliphatic heterocycles. The SMILES string of the molecule is C/C(=C/CC(C)(C)C)CC(C)(C)C.C/C(=C\CC(C)(C)C)CC(C)(C)C.CC(C)=CCC(C)(C)C. The van der Waals surface area contributed by atoms with Gasteiger partial charge in [-0.2, -0.15) is 0 Å². The predicted octanol–water partition coefficient (Wildman–Crippen LogP) is 13.0. The summed E-state index contributed by atoms with van der Waals surface area (Å²) < 4.78 is 0. The van der Waals surface area contributed by atoms with Crippen molar-refractivity contribution in [2.24, 2.45) is 27.1 Å². The van der Waals surface area contributed by atoms with E-state index in [9.17, 15) is 0 Å². The molecule has 0 radical (unpaired) electrons. The third-order valence-electron chi connectivity index (χ3n) is 4.87. The van der Waals surface area contributed by atoms with Crippen molar-refractivity contribution in [3.05, 3.63) is 34.9 Å². The third-order valence-corrected chi connectivity index (χ3v) is 4.87. The van der Waals surface area contributed by atoms with Crippen LogP contribution >= 0.6 is 0 Å². The summed E-state index contributed by atoms with van der Waals surface area (Å²) >= 11 is 0. The highest BCUT2D eigenvalue weighted by Crippen LogP contribution is 2.27. The summed E-state index contributed by atoms with van der Waals surface area (Å²) in [5.74, 6) is 0. The molecule has 0 saturated heterocycles. The van der Waals surface area contributed by atoms with Crippen LogP contribution in [0.1, 0.15) is 164 Å². The van der Waals surface area contributed by atoms with Crippen LogP contribution in [-0.2, 0) is 0 Å². The number of allylic oxidation sites excluding steroid dienone is 6. The molecule has 0 N–H and O–H groups in total. The molecule has 0 aromatic carbocycles. The van der Waals surface area contributed by atoms with Crippen molar-refractivity contribution in [1.29, 1.82) is 0 Å². The van der Waals surface area contributed by atoms with Gasteiger partial charge in [-0.15, -0.1) is 0 Å². The Bertz CT molecular complexity index is 581.